The number of nitrogens with zero attached hydrogens (tertiary/aromatic N) is 1. The van der Waals surface area contributed by atoms with E-state index in [0.717, 1.165) is 0 Å². The normalized spacial score (nSPS) is 14.4. The molecular weight excluding hydrogens is 450 g/mol. The zero-order valence-electron chi connectivity index (χ0n) is 19.2. The van der Waals surface area contributed by atoms with Crippen LogP contribution < -0.4 is 14.8 Å². The molecule has 4 rings (SSSR count). The zero-order valence-corrected chi connectivity index (χ0v) is 20.0. The summed E-state index contributed by atoms with van der Waals surface area (Å²) in [7, 11) is -3.69. The van der Waals surface area contributed by atoms with Crippen molar-refractivity contribution in [3.8, 4) is 11.6 Å². The van der Waals surface area contributed by atoms with Crippen molar-refractivity contribution in [1.82, 2.24) is 10.3 Å². The van der Waals surface area contributed by atoms with Gasteiger partial charge in [-0.3, -0.25) is 9.52 Å². The van der Waals surface area contributed by atoms with Gasteiger partial charge in [0.2, 0.25) is 5.88 Å². The van der Waals surface area contributed by atoms with E-state index in [1.807, 2.05) is 19.1 Å². The second-order valence-electron chi connectivity index (χ2n) is 8.38. The maximum atomic E-state index is 12.8. The lowest BCUT2D eigenvalue weighted by atomic mass is 9.84. The van der Waals surface area contributed by atoms with Crippen molar-refractivity contribution < 1.29 is 17.9 Å². The third-order valence-corrected chi connectivity index (χ3v) is 7.33. The van der Waals surface area contributed by atoms with E-state index in [1.54, 1.807) is 48.5 Å². The molecule has 1 amide bonds. The first-order valence-corrected chi connectivity index (χ1v) is 13.1. The molecule has 0 spiro atoms. The molecule has 0 atom stereocenters. The SMILES string of the molecule is CCNC(=O)c1ccc(Oc2ccc(NS(=O)(=O)c3ccc(C4CCCCC4)cc3)cc2)nc1. The highest BCUT2D eigenvalue weighted by molar-refractivity contribution is 7.92. The van der Waals surface area contributed by atoms with Gasteiger partial charge in [0.05, 0.1) is 10.5 Å². The summed E-state index contributed by atoms with van der Waals surface area (Å²) in [6.45, 7) is 2.39. The van der Waals surface area contributed by atoms with Crippen LogP contribution in [0.1, 0.15) is 60.9 Å². The van der Waals surface area contributed by atoms with Gasteiger partial charge in [0.25, 0.3) is 15.9 Å². The predicted octanol–water partition coefficient (Wildman–Crippen LogP) is 5.47. The number of hydrogen-bond donors (Lipinski definition) is 2. The topological polar surface area (TPSA) is 97.4 Å². The molecule has 1 saturated carbocycles. The molecule has 1 aromatic heterocycles. The van der Waals surface area contributed by atoms with Crippen LogP contribution in [0.2, 0.25) is 0 Å². The van der Waals surface area contributed by atoms with Crippen molar-refractivity contribution in [2.75, 3.05) is 11.3 Å². The average Bonchev–Trinajstić information content (AvgIpc) is 2.86. The Morgan fingerprint density at radius 3 is 2.29 bits per heavy atom. The summed E-state index contributed by atoms with van der Waals surface area (Å²) in [6.07, 6.45) is 7.56. The maximum Gasteiger partial charge on any atom is 0.261 e. The number of amides is 1. The van der Waals surface area contributed by atoms with E-state index < -0.39 is 10.0 Å². The fourth-order valence-corrected chi connectivity index (χ4v) is 5.18. The van der Waals surface area contributed by atoms with Crippen LogP contribution in [0.4, 0.5) is 5.69 Å². The predicted molar refractivity (Wildman–Crippen MR) is 132 cm³/mol. The highest BCUT2D eigenvalue weighted by Gasteiger charge is 2.18. The third-order valence-electron chi connectivity index (χ3n) is 5.93. The summed E-state index contributed by atoms with van der Waals surface area (Å²) in [6, 6.07) is 17.1. The molecule has 0 radical (unpaired) electrons. The van der Waals surface area contributed by atoms with E-state index in [-0.39, 0.29) is 10.8 Å². The van der Waals surface area contributed by atoms with Crippen LogP contribution in [0.3, 0.4) is 0 Å². The summed E-state index contributed by atoms with van der Waals surface area (Å²) >= 11 is 0. The summed E-state index contributed by atoms with van der Waals surface area (Å²) < 4.78 is 33.9. The molecule has 0 aliphatic heterocycles. The van der Waals surface area contributed by atoms with E-state index in [0.29, 0.717) is 35.3 Å². The van der Waals surface area contributed by atoms with Gasteiger partial charge in [-0.25, -0.2) is 13.4 Å². The van der Waals surface area contributed by atoms with E-state index in [9.17, 15) is 13.2 Å². The lowest BCUT2D eigenvalue weighted by molar-refractivity contribution is 0.0955. The van der Waals surface area contributed by atoms with Crippen LogP contribution >= 0.6 is 0 Å². The second kappa shape index (κ2) is 10.7. The Labute approximate surface area is 200 Å². The van der Waals surface area contributed by atoms with E-state index in [1.165, 1.54) is 43.9 Å². The fraction of sp³-hybridized carbons (Fsp3) is 0.308. The first-order chi connectivity index (χ1) is 16.4. The molecule has 1 fully saturated rings. The number of carbonyl (C=O) groups excluding carboxylic acids is 1. The lowest BCUT2D eigenvalue weighted by Crippen LogP contribution is -2.22. The van der Waals surface area contributed by atoms with Gasteiger partial charge in [0.15, 0.2) is 0 Å². The molecule has 2 aromatic carbocycles. The summed E-state index contributed by atoms with van der Waals surface area (Å²) in [5, 5.41) is 2.71. The van der Waals surface area contributed by atoms with Crippen molar-refractivity contribution in [2.24, 2.45) is 0 Å². The largest absolute Gasteiger partial charge is 0.439 e. The van der Waals surface area contributed by atoms with Gasteiger partial charge in [-0.2, -0.15) is 0 Å². The number of sulfonamides is 1. The van der Waals surface area contributed by atoms with Crippen molar-refractivity contribution in [1.29, 1.82) is 0 Å². The van der Waals surface area contributed by atoms with Gasteiger partial charge in [-0.1, -0.05) is 31.4 Å². The van der Waals surface area contributed by atoms with Gasteiger partial charge in [0, 0.05) is 24.5 Å². The molecule has 2 N–H and O–H groups in total. The minimum Gasteiger partial charge on any atom is -0.439 e. The van der Waals surface area contributed by atoms with Gasteiger partial charge >= 0.3 is 0 Å². The van der Waals surface area contributed by atoms with E-state index in [2.05, 4.69) is 15.0 Å². The van der Waals surface area contributed by atoms with Gasteiger partial charge in [0.1, 0.15) is 5.75 Å². The number of nitrogens with one attached hydrogen (secondary N) is 2. The Balaban J connectivity index is 1.37. The van der Waals surface area contributed by atoms with Crippen LogP contribution in [0, 0.1) is 0 Å². The second-order valence-corrected chi connectivity index (χ2v) is 10.1. The number of benzene rings is 2. The monoisotopic (exact) mass is 479 g/mol. The molecule has 3 aromatic rings. The van der Waals surface area contributed by atoms with Crippen LogP contribution in [0.25, 0.3) is 0 Å². The number of carbonyl (C=O) groups is 1. The summed E-state index contributed by atoms with van der Waals surface area (Å²) in [5.41, 5.74) is 2.10. The smallest absolute Gasteiger partial charge is 0.261 e. The average molecular weight is 480 g/mol. The Morgan fingerprint density at radius 2 is 1.68 bits per heavy atom. The molecule has 34 heavy (non-hydrogen) atoms. The first kappa shape index (κ1) is 23.8. The summed E-state index contributed by atoms with van der Waals surface area (Å²) in [4.78, 5) is 16.2. The van der Waals surface area contributed by atoms with Gasteiger partial charge in [-0.05, 0) is 73.7 Å². The van der Waals surface area contributed by atoms with E-state index in [4.69, 9.17) is 4.74 Å². The zero-order chi connectivity index (χ0) is 24.0. The number of rotatable bonds is 8. The number of aromatic nitrogens is 1. The molecule has 0 bridgehead atoms. The first-order valence-electron chi connectivity index (χ1n) is 11.6. The molecule has 0 unspecified atom stereocenters. The van der Waals surface area contributed by atoms with Crippen molar-refractivity contribution in [3.05, 3.63) is 78.0 Å². The highest BCUT2D eigenvalue weighted by Crippen LogP contribution is 2.33. The molecule has 0 saturated heterocycles. The Bertz CT molecular complexity index is 1200. The Morgan fingerprint density at radius 1 is 0.971 bits per heavy atom. The number of ether oxygens (including phenoxy) is 1. The number of hydrogen-bond acceptors (Lipinski definition) is 5. The number of pyridine rings is 1. The molecular formula is C26H29N3O4S. The summed E-state index contributed by atoms with van der Waals surface area (Å²) in [5.74, 6) is 1.17. The highest BCUT2D eigenvalue weighted by atomic mass is 32.2. The molecule has 1 aliphatic rings. The quantitative estimate of drug-likeness (QED) is 0.446. The van der Waals surface area contributed by atoms with Crippen molar-refractivity contribution >= 4 is 21.6 Å². The lowest BCUT2D eigenvalue weighted by Gasteiger charge is -2.22. The van der Waals surface area contributed by atoms with E-state index >= 15 is 0 Å². The van der Waals surface area contributed by atoms with Crippen LogP contribution in [-0.4, -0.2) is 25.9 Å². The minimum atomic E-state index is -3.69. The van der Waals surface area contributed by atoms with Gasteiger partial charge < -0.3 is 10.1 Å². The molecule has 1 aliphatic carbocycles. The maximum absolute atomic E-state index is 12.8. The fourth-order valence-electron chi connectivity index (χ4n) is 4.12. The van der Waals surface area contributed by atoms with Crippen molar-refractivity contribution in [3.63, 3.8) is 0 Å². The Kier molecular flexibility index (Phi) is 7.47. The molecule has 178 valence electrons. The molecule has 8 heteroatoms. The van der Waals surface area contributed by atoms with Crippen LogP contribution in [-0.2, 0) is 10.0 Å². The number of anilines is 1. The van der Waals surface area contributed by atoms with Crippen LogP contribution in [0.15, 0.2) is 71.8 Å². The molecule has 1 heterocycles. The van der Waals surface area contributed by atoms with Gasteiger partial charge in [-0.15, -0.1) is 0 Å². The third kappa shape index (κ3) is 5.94. The van der Waals surface area contributed by atoms with Crippen molar-refractivity contribution in [2.45, 2.75) is 49.8 Å². The standard InChI is InChI=1S/C26H29N3O4S/c1-2-27-26(30)21-10-17-25(28-18-21)33-23-13-11-22(12-14-23)29-34(31,32)24-15-8-20(9-16-24)19-6-4-3-5-7-19/h8-19,29H,2-7H2,1H3,(H,27,30). The Hall–Kier alpha value is -3.39. The molecule has 7 nitrogen and oxygen atoms in total. The minimum absolute atomic E-state index is 0.193. The van der Waals surface area contributed by atoms with Crippen LogP contribution in [0.5, 0.6) is 11.6 Å².